The van der Waals surface area contributed by atoms with Crippen molar-refractivity contribution < 1.29 is 27.1 Å². The number of hydrogen-bond donors (Lipinski definition) is 3. The first kappa shape index (κ1) is 22.8. The van der Waals surface area contributed by atoms with Gasteiger partial charge in [-0.15, -0.1) is 0 Å². The molecule has 10 heteroatoms. The minimum atomic E-state index is -3.92. The van der Waals surface area contributed by atoms with Gasteiger partial charge in [0.15, 0.2) is 6.61 Å². The van der Waals surface area contributed by atoms with Crippen molar-refractivity contribution in [1.82, 2.24) is 10.9 Å². The Morgan fingerprint density at radius 1 is 0.938 bits per heavy atom. The summed E-state index contributed by atoms with van der Waals surface area (Å²) in [6.07, 6.45) is 0. The highest BCUT2D eigenvalue weighted by Gasteiger charge is 2.17. The van der Waals surface area contributed by atoms with Gasteiger partial charge in [-0.1, -0.05) is 18.2 Å². The number of nitrogens with one attached hydrogen (secondary N) is 3. The molecule has 0 aliphatic heterocycles. The number of hydrazine groups is 1. The van der Waals surface area contributed by atoms with Crippen molar-refractivity contribution in [3.05, 3.63) is 89.7 Å². The van der Waals surface area contributed by atoms with E-state index in [9.17, 15) is 22.4 Å². The second-order valence-electron chi connectivity index (χ2n) is 6.75. The first-order chi connectivity index (χ1) is 15.2. The molecule has 0 saturated carbocycles. The number of sulfonamides is 1. The Labute approximate surface area is 184 Å². The number of halogens is 1. The van der Waals surface area contributed by atoms with Gasteiger partial charge >= 0.3 is 0 Å². The van der Waals surface area contributed by atoms with Crippen LogP contribution < -0.4 is 20.3 Å². The second kappa shape index (κ2) is 9.92. The van der Waals surface area contributed by atoms with Crippen molar-refractivity contribution in [3.63, 3.8) is 0 Å². The monoisotopic (exact) mass is 457 g/mol. The van der Waals surface area contributed by atoms with Crippen LogP contribution in [0.1, 0.15) is 15.9 Å². The van der Waals surface area contributed by atoms with Crippen molar-refractivity contribution in [2.75, 3.05) is 11.3 Å². The summed E-state index contributed by atoms with van der Waals surface area (Å²) in [6, 6.07) is 17.3. The fourth-order valence-corrected chi connectivity index (χ4v) is 3.74. The van der Waals surface area contributed by atoms with Crippen LogP contribution in [0.5, 0.6) is 5.75 Å². The third kappa shape index (κ3) is 6.29. The predicted octanol–water partition coefficient (Wildman–Crippen LogP) is 2.77. The lowest BCUT2D eigenvalue weighted by Gasteiger charge is -2.11. The van der Waals surface area contributed by atoms with Crippen molar-refractivity contribution in [2.24, 2.45) is 0 Å². The minimum Gasteiger partial charge on any atom is -0.484 e. The van der Waals surface area contributed by atoms with E-state index in [1.165, 1.54) is 48.5 Å². The molecule has 0 heterocycles. The first-order valence-electron chi connectivity index (χ1n) is 9.40. The molecule has 0 unspecified atom stereocenters. The fraction of sp³-hybridized carbons (Fsp3) is 0.0909. The minimum absolute atomic E-state index is 0.0249. The van der Waals surface area contributed by atoms with E-state index in [-0.39, 0.29) is 16.2 Å². The lowest BCUT2D eigenvalue weighted by molar-refractivity contribution is -0.123. The van der Waals surface area contributed by atoms with E-state index in [1.807, 2.05) is 13.0 Å². The zero-order valence-corrected chi connectivity index (χ0v) is 17.8. The largest absolute Gasteiger partial charge is 0.484 e. The topological polar surface area (TPSA) is 114 Å². The van der Waals surface area contributed by atoms with Crippen molar-refractivity contribution in [3.8, 4) is 5.75 Å². The molecular weight excluding hydrogens is 437 g/mol. The van der Waals surface area contributed by atoms with Gasteiger partial charge in [-0.05, 0) is 67.1 Å². The molecule has 2 amide bonds. The molecular formula is C22H20FN3O5S. The quantitative estimate of drug-likeness (QED) is 0.472. The normalized spacial score (nSPS) is 10.8. The molecule has 0 atom stereocenters. The van der Waals surface area contributed by atoms with Gasteiger partial charge in [0, 0.05) is 11.3 Å². The zero-order chi connectivity index (χ0) is 23.1. The Balaban J connectivity index is 1.58. The summed E-state index contributed by atoms with van der Waals surface area (Å²) in [6.45, 7) is 1.42. The van der Waals surface area contributed by atoms with Crippen LogP contribution in [0.3, 0.4) is 0 Å². The molecule has 3 N–H and O–H groups in total. The average Bonchev–Trinajstić information content (AvgIpc) is 2.77. The smallest absolute Gasteiger partial charge is 0.276 e. The lowest BCUT2D eigenvalue weighted by atomic mass is 10.2. The van der Waals surface area contributed by atoms with Crippen LogP contribution >= 0.6 is 0 Å². The molecule has 0 bridgehead atoms. The summed E-state index contributed by atoms with van der Waals surface area (Å²) >= 11 is 0. The lowest BCUT2D eigenvalue weighted by Crippen LogP contribution is -2.43. The fourth-order valence-electron chi connectivity index (χ4n) is 2.64. The number of carbonyl (C=O) groups is 2. The van der Waals surface area contributed by atoms with Crippen molar-refractivity contribution in [1.29, 1.82) is 0 Å². The molecule has 0 saturated heterocycles. The van der Waals surface area contributed by atoms with E-state index in [2.05, 4.69) is 15.6 Å². The molecule has 0 spiro atoms. The molecule has 0 aliphatic carbocycles. The van der Waals surface area contributed by atoms with Crippen LogP contribution in [-0.4, -0.2) is 26.8 Å². The van der Waals surface area contributed by atoms with Crippen LogP contribution in [0.25, 0.3) is 0 Å². The summed E-state index contributed by atoms with van der Waals surface area (Å²) < 4.78 is 45.8. The summed E-state index contributed by atoms with van der Waals surface area (Å²) in [5, 5.41) is 0. The van der Waals surface area contributed by atoms with E-state index in [1.54, 1.807) is 18.2 Å². The van der Waals surface area contributed by atoms with Gasteiger partial charge in [0.1, 0.15) is 11.6 Å². The Bertz CT molecular complexity index is 1230. The highest BCUT2D eigenvalue weighted by atomic mass is 32.2. The van der Waals surface area contributed by atoms with E-state index in [0.29, 0.717) is 5.69 Å². The third-order valence-electron chi connectivity index (χ3n) is 4.18. The predicted molar refractivity (Wildman–Crippen MR) is 116 cm³/mol. The summed E-state index contributed by atoms with van der Waals surface area (Å²) in [4.78, 5) is 24.1. The molecule has 0 aromatic heterocycles. The Morgan fingerprint density at radius 3 is 2.38 bits per heavy atom. The van der Waals surface area contributed by atoms with Gasteiger partial charge in [-0.3, -0.25) is 25.2 Å². The summed E-state index contributed by atoms with van der Waals surface area (Å²) in [7, 11) is -3.92. The number of rotatable bonds is 7. The number of anilines is 1. The highest BCUT2D eigenvalue weighted by molar-refractivity contribution is 7.92. The van der Waals surface area contributed by atoms with E-state index in [0.717, 1.165) is 5.56 Å². The van der Waals surface area contributed by atoms with Gasteiger partial charge in [-0.2, -0.15) is 0 Å². The first-order valence-corrected chi connectivity index (χ1v) is 10.9. The SMILES string of the molecule is Cc1cccc(NS(=O)(=O)c2cccc(C(=O)NNC(=O)COc3ccc(F)cc3)c2)c1. The molecule has 3 aromatic carbocycles. The van der Waals surface area contributed by atoms with Crippen LogP contribution in [0.2, 0.25) is 0 Å². The number of ether oxygens (including phenoxy) is 1. The number of benzene rings is 3. The number of hydrogen-bond acceptors (Lipinski definition) is 5. The van der Waals surface area contributed by atoms with Crippen LogP contribution in [-0.2, 0) is 14.8 Å². The summed E-state index contributed by atoms with van der Waals surface area (Å²) in [5.74, 6) is -1.53. The molecule has 8 nitrogen and oxygen atoms in total. The second-order valence-corrected chi connectivity index (χ2v) is 8.43. The maximum atomic E-state index is 12.9. The molecule has 0 radical (unpaired) electrons. The average molecular weight is 457 g/mol. The molecule has 3 aromatic rings. The Hall–Kier alpha value is -3.92. The molecule has 0 aliphatic rings. The number of carbonyl (C=O) groups excluding carboxylic acids is 2. The molecule has 3 rings (SSSR count). The van der Waals surface area contributed by atoms with E-state index < -0.39 is 34.3 Å². The highest BCUT2D eigenvalue weighted by Crippen LogP contribution is 2.18. The molecule has 0 fully saturated rings. The van der Waals surface area contributed by atoms with Gasteiger partial charge < -0.3 is 4.74 Å². The van der Waals surface area contributed by atoms with Gasteiger partial charge in [0.05, 0.1) is 4.90 Å². The Morgan fingerprint density at radius 2 is 1.66 bits per heavy atom. The maximum Gasteiger partial charge on any atom is 0.276 e. The van der Waals surface area contributed by atoms with Crippen molar-refractivity contribution >= 4 is 27.5 Å². The zero-order valence-electron chi connectivity index (χ0n) is 17.0. The van der Waals surface area contributed by atoms with Crippen LogP contribution in [0, 0.1) is 12.7 Å². The molecule has 166 valence electrons. The van der Waals surface area contributed by atoms with Gasteiger partial charge in [-0.25, -0.2) is 12.8 Å². The Kier molecular flexibility index (Phi) is 7.06. The number of aryl methyl sites for hydroxylation is 1. The van der Waals surface area contributed by atoms with E-state index in [4.69, 9.17) is 4.74 Å². The third-order valence-corrected chi connectivity index (χ3v) is 5.55. The number of amides is 2. The van der Waals surface area contributed by atoms with Crippen LogP contribution in [0.15, 0.2) is 77.7 Å². The maximum absolute atomic E-state index is 12.9. The van der Waals surface area contributed by atoms with Gasteiger partial charge in [0.2, 0.25) is 0 Å². The van der Waals surface area contributed by atoms with Gasteiger partial charge in [0.25, 0.3) is 21.8 Å². The molecule has 32 heavy (non-hydrogen) atoms. The standard InChI is InChI=1S/C22H20FN3O5S/c1-15-4-2-6-18(12-15)26-32(29,30)20-7-3-5-16(13-20)22(28)25-24-21(27)14-31-19-10-8-17(23)9-11-19/h2-13,26H,14H2,1H3,(H,24,27)(H,25,28). The van der Waals surface area contributed by atoms with E-state index >= 15 is 0 Å². The van der Waals surface area contributed by atoms with Crippen molar-refractivity contribution in [2.45, 2.75) is 11.8 Å². The summed E-state index contributed by atoms with van der Waals surface area (Å²) in [5.41, 5.74) is 5.66. The van der Waals surface area contributed by atoms with Crippen LogP contribution in [0.4, 0.5) is 10.1 Å².